The number of nitrogens with zero attached hydrogens (tertiary/aromatic N) is 2. The summed E-state index contributed by atoms with van der Waals surface area (Å²) in [4.78, 5) is 6.73. The molecule has 108 valence electrons. The van der Waals surface area contributed by atoms with Gasteiger partial charge in [0.05, 0.1) is 5.52 Å². The molecule has 0 saturated carbocycles. The van der Waals surface area contributed by atoms with Crippen molar-refractivity contribution in [1.82, 2.24) is 15.2 Å². The third kappa shape index (κ3) is 4.01. The predicted octanol–water partition coefficient (Wildman–Crippen LogP) is 3.43. The minimum atomic E-state index is 0.500. The number of benzene rings is 1. The van der Waals surface area contributed by atoms with Gasteiger partial charge < -0.3 is 10.2 Å². The maximum atomic E-state index is 4.52. The Labute approximate surface area is 129 Å². The number of hydrogen-bond acceptors (Lipinski definition) is 3. The predicted molar refractivity (Wildman–Crippen MR) is 88.9 cm³/mol. The van der Waals surface area contributed by atoms with E-state index in [9.17, 15) is 0 Å². The molecule has 1 aromatic heterocycles. The molecule has 1 unspecified atom stereocenters. The largest absolute Gasteiger partial charge is 0.310 e. The van der Waals surface area contributed by atoms with Crippen LogP contribution < -0.4 is 5.32 Å². The molecule has 0 fully saturated rings. The summed E-state index contributed by atoms with van der Waals surface area (Å²) < 4.78 is 1.10. The number of hydrogen-bond donors (Lipinski definition) is 1. The van der Waals surface area contributed by atoms with Crippen molar-refractivity contribution in [3.8, 4) is 0 Å². The second-order valence-corrected chi connectivity index (χ2v) is 6.33. The van der Waals surface area contributed by atoms with Crippen LogP contribution in [0, 0.1) is 0 Å². The highest BCUT2D eigenvalue weighted by atomic mass is 79.9. The lowest BCUT2D eigenvalue weighted by Crippen LogP contribution is -2.29. The minimum absolute atomic E-state index is 0.500. The highest BCUT2D eigenvalue weighted by molar-refractivity contribution is 9.10. The molecule has 0 aliphatic carbocycles. The number of rotatable bonds is 6. The monoisotopic (exact) mass is 335 g/mol. The Morgan fingerprint density at radius 1 is 1.30 bits per heavy atom. The Balaban J connectivity index is 2.05. The van der Waals surface area contributed by atoms with Crippen molar-refractivity contribution in [3.63, 3.8) is 0 Å². The van der Waals surface area contributed by atoms with Gasteiger partial charge in [-0.1, -0.05) is 28.1 Å². The van der Waals surface area contributed by atoms with Gasteiger partial charge >= 0.3 is 0 Å². The number of nitrogens with one attached hydrogen (secondary N) is 1. The normalized spacial score (nSPS) is 13.1. The second-order valence-electron chi connectivity index (χ2n) is 5.48. The molecule has 0 saturated heterocycles. The summed E-state index contributed by atoms with van der Waals surface area (Å²) in [6, 6.07) is 8.83. The molecule has 0 spiro atoms. The van der Waals surface area contributed by atoms with Crippen LogP contribution in [0.4, 0.5) is 0 Å². The third-order valence-corrected chi connectivity index (χ3v) is 4.14. The van der Waals surface area contributed by atoms with Gasteiger partial charge in [0.1, 0.15) is 0 Å². The fourth-order valence-corrected chi connectivity index (χ4v) is 2.63. The Hall–Kier alpha value is -0.970. The van der Waals surface area contributed by atoms with Crippen LogP contribution in [-0.2, 0) is 6.54 Å². The van der Waals surface area contributed by atoms with Crippen molar-refractivity contribution in [2.75, 3.05) is 20.6 Å². The Kier molecular flexibility index (Phi) is 5.52. The molecule has 4 heteroatoms. The zero-order valence-electron chi connectivity index (χ0n) is 12.4. The summed E-state index contributed by atoms with van der Waals surface area (Å²) in [6.45, 7) is 4.20. The third-order valence-electron chi connectivity index (χ3n) is 3.45. The molecule has 20 heavy (non-hydrogen) atoms. The number of fused-ring (bicyclic) bond motifs is 1. The zero-order chi connectivity index (χ0) is 14.5. The second kappa shape index (κ2) is 7.16. The minimum Gasteiger partial charge on any atom is -0.310 e. The van der Waals surface area contributed by atoms with E-state index in [1.165, 1.54) is 10.9 Å². The van der Waals surface area contributed by atoms with E-state index in [1.807, 2.05) is 12.3 Å². The summed E-state index contributed by atoms with van der Waals surface area (Å²) in [6.07, 6.45) is 3.00. The topological polar surface area (TPSA) is 28.2 Å². The number of aromatic nitrogens is 1. The highest BCUT2D eigenvalue weighted by Gasteiger charge is 2.07. The first-order chi connectivity index (χ1) is 9.58. The molecular formula is C16H22BrN3. The zero-order valence-corrected chi connectivity index (χ0v) is 13.9. The van der Waals surface area contributed by atoms with E-state index in [2.05, 4.69) is 70.3 Å². The fourth-order valence-electron chi connectivity index (χ4n) is 2.18. The SMILES string of the molecule is CC(CCN(C)C)NCc1ccc(Br)c2cccnc12. The van der Waals surface area contributed by atoms with Gasteiger partial charge in [0, 0.05) is 28.6 Å². The summed E-state index contributed by atoms with van der Waals surface area (Å²) in [5.74, 6) is 0. The van der Waals surface area contributed by atoms with Crippen molar-refractivity contribution >= 4 is 26.8 Å². The molecule has 0 aliphatic rings. The summed E-state index contributed by atoms with van der Waals surface area (Å²) in [7, 11) is 4.22. The molecule has 0 aliphatic heterocycles. The molecular weight excluding hydrogens is 314 g/mol. The summed E-state index contributed by atoms with van der Waals surface area (Å²) in [5, 5.41) is 4.76. The average Bonchev–Trinajstić information content (AvgIpc) is 2.45. The standard InChI is InChI=1S/C16H22BrN3/c1-12(8-10-20(2)3)19-11-13-6-7-15(17)14-5-4-9-18-16(13)14/h4-7,9,12,19H,8,10-11H2,1-3H3. The molecule has 2 rings (SSSR count). The van der Waals surface area contributed by atoms with E-state index < -0.39 is 0 Å². The van der Waals surface area contributed by atoms with Crippen molar-refractivity contribution in [3.05, 3.63) is 40.5 Å². The molecule has 0 radical (unpaired) electrons. The van der Waals surface area contributed by atoms with Gasteiger partial charge in [0.2, 0.25) is 0 Å². The van der Waals surface area contributed by atoms with Crippen LogP contribution in [0.1, 0.15) is 18.9 Å². The van der Waals surface area contributed by atoms with Crippen LogP contribution in [0.3, 0.4) is 0 Å². The molecule has 3 nitrogen and oxygen atoms in total. The molecule has 1 heterocycles. The van der Waals surface area contributed by atoms with Crippen LogP contribution >= 0.6 is 15.9 Å². The Bertz CT molecular complexity index is 569. The van der Waals surface area contributed by atoms with E-state index in [1.54, 1.807) is 0 Å². The van der Waals surface area contributed by atoms with Crippen LogP contribution in [-0.4, -0.2) is 36.6 Å². The van der Waals surface area contributed by atoms with Gasteiger partial charge in [-0.3, -0.25) is 4.98 Å². The van der Waals surface area contributed by atoms with E-state index in [0.717, 1.165) is 29.5 Å². The van der Waals surface area contributed by atoms with E-state index in [-0.39, 0.29) is 0 Å². The Morgan fingerprint density at radius 2 is 2.10 bits per heavy atom. The van der Waals surface area contributed by atoms with Gasteiger partial charge in [0.25, 0.3) is 0 Å². The maximum absolute atomic E-state index is 4.52. The van der Waals surface area contributed by atoms with Crippen molar-refractivity contribution in [1.29, 1.82) is 0 Å². The first-order valence-corrected chi connectivity index (χ1v) is 7.77. The van der Waals surface area contributed by atoms with E-state index in [4.69, 9.17) is 0 Å². The first-order valence-electron chi connectivity index (χ1n) is 6.98. The van der Waals surface area contributed by atoms with Crippen molar-refractivity contribution in [2.24, 2.45) is 0 Å². The van der Waals surface area contributed by atoms with Crippen molar-refractivity contribution < 1.29 is 0 Å². The lowest BCUT2D eigenvalue weighted by atomic mass is 10.1. The molecule has 1 N–H and O–H groups in total. The van der Waals surface area contributed by atoms with Gasteiger partial charge in [-0.05, 0) is 51.7 Å². The number of halogens is 1. The first kappa shape index (κ1) is 15.4. The smallest absolute Gasteiger partial charge is 0.0758 e. The van der Waals surface area contributed by atoms with Gasteiger partial charge in [-0.25, -0.2) is 0 Å². The van der Waals surface area contributed by atoms with E-state index in [0.29, 0.717) is 6.04 Å². The highest BCUT2D eigenvalue weighted by Crippen LogP contribution is 2.25. The molecule has 0 amide bonds. The van der Waals surface area contributed by atoms with Crippen molar-refractivity contribution in [2.45, 2.75) is 25.9 Å². The number of pyridine rings is 1. The lowest BCUT2D eigenvalue weighted by molar-refractivity contribution is 0.366. The van der Waals surface area contributed by atoms with Gasteiger partial charge in [0.15, 0.2) is 0 Å². The quantitative estimate of drug-likeness (QED) is 0.876. The van der Waals surface area contributed by atoms with Gasteiger partial charge in [-0.15, -0.1) is 0 Å². The van der Waals surface area contributed by atoms with Crippen LogP contribution in [0.25, 0.3) is 10.9 Å². The summed E-state index contributed by atoms with van der Waals surface area (Å²) >= 11 is 3.59. The van der Waals surface area contributed by atoms with Gasteiger partial charge in [-0.2, -0.15) is 0 Å². The maximum Gasteiger partial charge on any atom is 0.0758 e. The van der Waals surface area contributed by atoms with E-state index >= 15 is 0 Å². The molecule has 0 bridgehead atoms. The Morgan fingerprint density at radius 3 is 2.85 bits per heavy atom. The average molecular weight is 336 g/mol. The molecule has 1 atom stereocenters. The lowest BCUT2D eigenvalue weighted by Gasteiger charge is -2.17. The fraction of sp³-hybridized carbons (Fsp3) is 0.438. The molecule has 1 aromatic carbocycles. The molecule has 2 aromatic rings. The van der Waals surface area contributed by atoms with Crippen LogP contribution in [0.15, 0.2) is 34.9 Å². The van der Waals surface area contributed by atoms with Crippen LogP contribution in [0.5, 0.6) is 0 Å². The summed E-state index contributed by atoms with van der Waals surface area (Å²) in [5.41, 5.74) is 2.33. The van der Waals surface area contributed by atoms with Crippen LogP contribution in [0.2, 0.25) is 0 Å².